The highest BCUT2D eigenvalue weighted by atomic mass is 19.2. The first-order valence-corrected chi connectivity index (χ1v) is 4.35. The Kier molecular flexibility index (Phi) is 2.53. The van der Waals surface area contributed by atoms with E-state index in [9.17, 15) is 22.0 Å². The fourth-order valence-corrected chi connectivity index (χ4v) is 1.38. The summed E-state index contributed by atoms with van der Waals surface area (Å²) in [7, 11) is 0. The molecule has 0 radical (unpaired) electrons. The summed E-state index contributed by atoms with van der Waals surface area (Å²) in [5.41, 5.74) is -1.01. The van der Waals surface area contributed by atoms with Crippen molar-refractivity contribution < 1.29 is 22.0 Å². The van der Waals surface area contributed by atoms with Crippen molar-refractivity contribution in [1.82, 2.24) is 0 Å². The molecule has 0 fully saturated rings. The zero-order valence-corrected chi connectivity index (χ0v) is 7.78. The molecule has 0 aliphatic carbocycles. The molecule has 0 bridgehead atoms. The van der Waals surface area contributed by atoms with Gasteiger partial charge in [0.2, 0.25) is 5.82 Å². The summed E-state index contributed by atoms with van der Waals surface area (Å²) in [5.74, 6) is -9.82. The van der Waals surface area contributed by atoms with Gasteiger partial charge in [0.25, 0.3) is 0 Å². The Bertz CT molecular complexity index is 442. The Hall–Kier alpha value is -1.66. The molecule has 2 rings (SSSR count). The summed E-state index contributed by atoms with van der Waals surface area (Å²) in [6, 6.07) is 0. The van der Waals surface area contributed by atoms with Crippen molar-refractivity contribution in [1.29, 1.82) is 0 Å². The molecule has 0 saturated carbocycles. The van der Waals surface area contributed by atoms with Gasteiger partial charge in [0.1, 0.15) is 5.69 Å². The Labute approximate surface area is 87.0 Å². The first-order chi connectivity index (χ1) is 7.54. The molecular weight excluding hydrogens is 231 g/mol. The summed E-state index contributed by atoms with van der Waals surface area (Å²) < 4.78 is 64.8. The number of benzene rings is 1. The van der Waals surface area contributed by atoms with Crippen LogP contribution in [0.3, 0.4) is 0 Å². The van der Waals surface area contributed by atoms with E-state index in [1.807, 2.05) is 0 Å². The topological polar surface area (TPSA) is 15.6 Å². The van der Waals surface area contributed by atoms with Gasteiger partial charge < -0.3 is 0 Å². The fraction of sp³-hybridized carbons (Fsp3) is 0.222. The third-order valence-electron chi connectivity index (χ3n) is 2.14. The number of rotatable bonds is 1. The van der Waals surface area contributed by atoms with Crippen molar-refractivity contribution in [2.24, 2.45) is 5.10 Å². The first kappa shape index (κ1) is 10.8. The summed E-state index contributed by atoms with van der Waals surface area (Å²) in [6.07, 6.45) is 1.72. The minimum absolute atomic E-state index is 0.0817. The van der Waals surface area contributed by atoms with E-state index in [0.717, 1.165) is 5.01 Å². The van der Waals surface area contributed by atoms with Crippen LogP contribution in [0.1, 0.15) is 6.42 Å². The van der Waals surface area contributed by atoms with Crippen molar-refractivity contribution in [2.45, 2.75) is 6.42 Å². The van der Waals surface area contributed by atoms with Crippen LogP contribution in [0, 0.1) is 29.1 Å². The third-order valence-corrected chi connectivity index (χ3v) is 2.14. The highest BCUT2D eigenvalue weighted by Crippen LogP contribution is 2.31. The van der Waals surface area contributed by atoms with Crippen LogP contribution in [-0.4, -0.2) is 12.8 Å². The second kappa shape index (κ2) is 3.73. The van der Waals surface area contributed by atoms with Gasteiger partial charge in [0.15, 0.2) is 23.3 Å². The maximum atomic E-state index is 13.2. The molecule has 0 saturated heterocycles. The second-order valence-corrected chi connectivity index (χ2v) is 3.13. The van der Waals surface area contributed by atoms with Crippen LogP contribution in [0.25, 0.3) is 0 Å². The zero-order valence-electron chi connectivity index (χ0n) is 7.78. The molecule has 0 aromatic heterocycles. The summed E-state index contributed by atoms with van der Waals surface area (Å²) in [4.78, 5) is 0. The quantitative estimate of drug-likeness (QED) is 0.415. The van der Waals surface area contributed by atoms with Crippen molar-refractivity contribution in [2.75, 3.05) is 11.6 Å². The van der Waals surface area contributed by atoms with Crippen LogP contribution < -0.4 is 5.01 Å². The Morgan fingerprint density at radius 2 is 1.38 bits per heavy atom. The summed E-state index contributed by atoms with van der Waals surface area (Å²) in [5, 5.41) is 4.26. The number of hydrazone groups is 1. The number of nitrogens with zero attached hydrogens (tertiary/aromatic N) is 2. The van der Waals surface area contributed by atoms with Gasteiger partial charge in [-0.25, -0.2) is 22.0 Å². The molecular formula is C9H5F5N2. The lowest BCUT2D eigenvalue weighted by Crippen LogP contribution is -2.18. The van der Waals surface area contributed by atoms with Crippen LogP contribution >= 0.6 is 0 Å². The number of hydrogen-bond acceptors (Lipinski definition) is 2. The molecule has 1 aliphatic rings. The van der Waals surface area contributed by atoms with E-state index < -0.39 is 34.8 Å². The molecule has 1 heterocycles. The van der Waals surface area contributed by atoms with Crippen molar-refractivity contribution in [3.63, 3.8) is 0 Å². The highest BCUT2D eigenvalue weighted by molar-refractivity contribution is 5.65. The van der Waals surface area contributed by atoms with Gasteiger partial charge >= 0.3 is 0 Å². The van der Waals surface area contributed by atoms with Crippen LogP contribution in [-0.2, 0) is 0 Å². The average Bonchev–Trinajstić information content (AvgIpc) is 2.77. The van der Waals surface area contributed by atoms with Crippen LogP contribution in [0.2, 0.25) is 0 Å². The van der Waals surface area contributed by atoms with E-state index in [0.29, 0.717) is 6.42 Å². The highest BCUT2D eigenvalue weighted by Gasteiger charge is 2.29. The summed E-state index contributed by atoms with van der Waals surface area (Å²) >= 11 is 0. The molecule has 0 spiro atoms. The predicted octanol–water partition coefficient (Wildman–Crippen LogP) is 2.58. The van der Waals surface area contributed by atoms with Gasteiger partial charge in [-0.1, -0.05) is 0 Å². The Balaban J connectivity index is 2.64. The van der Waals surface area contributed by atoms with E-state index in [1.54, 1.807) is 0 Å². The van der Waals surface area contributed by atoms with Crippen LogP contribution in [0.5, 0.6) is 0 Å². The van der Waals surface area contributed by atoms with E-state index in [-0.39, 0.29) is 6.54 Å². The molecule has 2 nitrogen and oxygen atoms in total. The number of anilines is 1. The van der Waals surface area contributed by atoms with Gasteiger partial charge in [0.05, 0.1) is 0 Å². The van der Waals surface area contributed by atoms with E-state index >= 15 is 0 Å². The minimum Gasteiger partial charge on any atom is -0.259 e. The van der Waals surface area contributed by atoms with Crippen LogP contribution in [0.15, 0.2) is 5.10 Å². The Morgan fingerprint density at radius 3 is 1.81 bits per heavy atom. The molecule has 1 aromatic carbocycles. The van der Waals surface area contributed by atoms with Gasteiger partial charge in [-0.3, -0.25) is 5.01 Å². The van der Waals surface area contributed by atoms with E-state index in [2.05, 4.69) is 5.10 Å². The van der Waals surface area contributed by atoms with Crippen molar-refractivity contribution in [3.05, 3.63) is 29.1 Å². The molecule has 0 unspecified atom stereocenters. The lowest BCUT2D eigenvalue weighted by molar-refractivity contribution is 0.378. The molecule has 86 valence electrons. The van der Waals surface area contributed by atoms with Crippen molar-refractivity contribution >= 4 is 11.9 Å². The SMILES string of the molecule is Fc1c(F)c(F)c(N2CCC=N2)c(F)c1F. The number of halogens is 5. The lowest BCUT2D eigenvalue weighted by Gasteiger charge is -2.16. The van der Waals surface area contributed by atoms with Gasteiger partial charge in [-0.05, 0) is 0 Å². The normalized spacial score (nSPS) is 14.9. The fourth-order valence-electron chi connectivity index (χ4n) is 1.38. The second-order valence-electron chi connectivity index (χ2n) is 3.13. The van der Waals surface area contributed by atoms with Crippen LogP contribution in [0.4, 0.5) is 27.6 Å². The largest absolute Gasteiger partial charge is 0.259 e. The van der Waals surface area contributed by atoms with Gasteiger partial charge in [-0.15, -0.1) is 0 Å². The predicted molar refractivity (Wildman–Crippen MR) is 46.7 cm³/mol. The Morgan fingerprint density at radius 1 is 0.875 bits per heavy atom. The molecule has 1 aromatic rings. The maximum Gasteiger partial charge on any atom is 0.200 e. The monoisotopic (exact) mass is 236 g/mol. The summed E-state index contributed by atoms with van der Waals surface area (Å²) in [6.45, 7) is 0.0817. The lowest BCUT2D eigenvalue weighted by atomic mass is 10.2. The van der Waals surface area contributed by atoms with E-state index in [1.165, 1.54) is 6.21 Å². The smallest absolute Gasteiger partial charge is 0.200 e. The number of hydrogen-bond donors (Lipinski definition) is 0. The minimum atomic E-state index is -2.16. The van der Waals surface area contributed by atoms with Gasteiger partial charge in [-0.2, -0.15) is 5.10 Å². The molecule has 16 heavy (non-hydrogen) atoms. The third kappa shape index (κ3) is 1.43. The maximum absolute atomic E-state index is 13.2. The molecule has 0 atom stereocenters. The molecule has 7 heteroatoms. The zero-order chi connectivity index (χ0) is 11.9. The van der Waals surface area contributed by atoms with Crippen molar-refractivity contribution in [3.8, 4) is 0 Å². The van der Waals surface area contributed by atoms with E-state index in [4.69, 9.17) is 0 Å². The first-order valence-electron chi connectivity index (χ1n) is 4.35. The standard InChI is InChI=1S/C9H5F5N2/c10-4-5(11)7(13)9(8(14)6(4)12)16-3-1-2-15-16/h2H,1,3H2. The molecule has 0 amide bonds. The molecule has 1 aliphatic heterocycles. The van der Waals surface area contributed by atoms with Gasteiger partial charge in [0, 0.05) is 19.2 Å². The average molecular weight is 236 g/mol. The molecule has 0 N–H and O–H groups in total.